The van der Waals surface area contributed by atoms with Crippen molar-refractivity contribution >= 4 is 17.5 Å². The fourth-order valence-electron chi connectivity index (χ4n) is 1.24. The predicted molar refractivity (Wildman–Crippen MR) is 64.9 cm³/mol. The van der Waals surface area contributed by atoms with Gasteiger partial charge in [0, 0.05) is 0 Å². The van der Waals surface area contributed by atoms with E-state index < -0.39 is 6.04 Å². The summed E-state index contributed by atoms with van der Waals surface area (Å²) in [6.45, 7) is 4.01. The van der Waals surface area contributed by atoms with Crippen molar-refractivity contribution in [3.63, 3.8) is 0 Å². The average Bonchev–Trinajstić information content (AvgIpc) is 2.32. The first-order chi connectivity index (χ1) is 8.08. The van der Waals surface area contributed by atoms with Crippen LogP contribution in [0.1, 0.15) is 13.8 Å². The van der Waals surface area contributed by atoms with E-state index in [-0.39, 0.29) is 5.97 Å². The van der Waals surface area contributed by atoms with Crippen molar-refractivity contribution in [1.29, 1.82) is 0 Å². The number of pyridine rings is 1. The third-order valence-corrected chi connectivity index (χ3v) is 2.09. The first-order valence-corrected chi connectivity index (χ1v) is 5.32. The van der Waals surface area contributed by atoms with Gasteiger partial charge in [-0.3, -0.25) is 0 Å². The van der Waals surface area contributed by atoms with Crippen molar-refractivity contribution < 1.29 is 14.3 Å². The monoisotopic (exact) mass is 239 g/mol. The number of nitrogens with zero attached hydrogens (tertiary/aromatic N) is 1. The second-order valence-electron chi connectivity index (χ2n) is 3.41. The Labute approximate surface area is 100 Å². The van der Waals surface area contributed by atoms with Gasteiger partial charge in [0.1, 0.15) is 11.9 Å². The molecular formula is C11H17N3O3. The number of methoxy groups -OCH3 is 1. The second-order valence-corrected chi connectivity index (χ2v) is 3.41. The Balaban J connectivity index is 2.78. The SMILES string of the molecule is CCOc1nc(NC(C)C(=O)OC)ccc1N. The van der Waals surface area contributed by atoms with Crippen molar-refractivity contribution in [1.82, 2.24) is 4.98 Å². The standard InChI is InChI=1S/C11H17N3O3/c1-4-17-10-8(12)5-6-9(14-10)13-7(2)11(15)16-3/h5-7H,4,12H2,1-3H3,(H,13,14). The number of esters is 1. The zero-order chi connectivity index (χ0) is 12.8. The minimum Gasteiger partial charge on any atom is -0.476 e. The van der Waals surface area contributed by atoms with Crippen LogP contribution in [-0.2, 0) is 9.53 Å². The molecule has 0 aliphatic rings. The highest BCUT2D eigenvalue weighted by atomic mass is 16.5. The molecule has 1 atom stereocenters. The van der Waals surface area contributed by atoms with Crippen LogP contribution in [0.2, 0.25) is 0 Å². The number of carbonyl (C=O) groups is 1. The Morgan fingerprint density at radius 2 is 2.29 bits per heavy atom. The molecule has 0 fully saturated rings. The normalized spacial score (nSPS) is 11.7. The molecule has 1 aromatic rings. The topological polar surface area (TPSA) is 86.5 Å². The summed E-state index contributed by atoms with van der Waals surface area (Å²) in [6.07, 6.45) is 0. The molecule has 0 aromatic carbocycles. The molecule has 1 rings (SSSR count). The maximum absolute atomic E-state index is 11.2. The number of nitrogen functional groups attached to an aromatic ring is 1. The minimum absolute atomic E-state index is 0.356. The van der Waals surface area contributed by atoms with Gasteiger partial charge in [0.15, 0.2) is 0 Å². The fraction of sp³-hybridized carbons (Fsp3) is 0.455. The van der Waals surface area contributed by atoms with Gasteiger partial charge in [-0.2, -0.15) is 4.98 Å². The Morgan fingerprint density at radius 1 is 1.59 bits per heavy atom. The average molecular weight is 239 g/mol. The summed E-state index contributed by atoms with van der Waals surface area (Å²) in [7, 11) is 1.34. The van der Waals surface area contributed by atoms with Crippen molar-refractivity contribution in [2.75, 3.05) is 24.8 Å². The van der Waals surface area contributed by atoms with Crippen LogP contribution in [0.4, 0.5) is 11.5 Å². The van der Waals surface area contributed by atoms with Crippen LogP contribution >= 0.6 is 0 Å². The van der Waals surface area contributed by atoms with E-state index in [0.29, 0.717) is 24.0 Å². The molecule has 6 nitrogen and oxygen atoms in total. The number of nitrogens with one attached hydrogen (secondary N) is 1. The fourth-order valence-corrected chi connectivity index (χ4v) is 1.24. The Bertz CT molecular complexity index is 396. The van der Waals surface area contributed by atoms with Crippen molar-refractivity contribution in [3.05, 3.63) is 12.1 Å². The first-order valence-electron chi connectivity index (χ1n) is 5.32. The van der Waals surface area contributed by atoms with Gasteiger partial charge in [0.2, 0.25) is 5.88 Å². The number of aromatic nitrogens is 1. The summed E-state index contributed by atoms with van der Waals surface area (Å²) < 4.78 is 9.85. The number of carbonyl (C=O) groups excluding carboxylic acids is 1. The molecule has 1 unspecified atom stereocenters. The molecule has 17 heavy (non-hydrogen) atoms. The second kappa shape index (κ2) is 5.93. The number of anilines is 2. The number of ether oxygens (including phenoxy) is 2. The highest BCUT2D eigenvalue weighted by Gasteiger charge is 2.13. The molecule has 0 saturated carbocycles. The van der Waals surface area contributed by atoms with Crippen molar-refractivity contribution in [2.45, 2.75) is 19.9 Å². The summed E-state index contributed by atoms with van der Waals surface area (Å²) in [5.41, 5.74) is 6.15. The van der Waals surface area contributed by atoms with E-state index in [1.807, 2.05) is 6.92 Å². The molecule has 1 aromatic heterocycles. The van der Waals surface area contributed by atoms with Crippen LogP contribution in [0, 0.1) is 0 Å². The maximum Gasteiger partial charge on any atom is 0.328 e. The molecule has 94 valence electrons. The molecule has 0 radical (unpaired) electrons. The Hall–Kier alpha value is -1.98. The maximum atomic E-state index is 11.2. The van der Waals surface area contributed by atoms with Gasteiger partial charge in [-0.05, 0) is 26.0 Å². The van der Waals surface area contributed by atoms with E-state index in [0.717, 1.165) is 0 Å². The lowest BCUT2D eigenvalue weighted by Gasteiger charge is -2.13. The molecular weight excluding hydrogens is 222 g/mol. The Morgan fingerprint density at radius 3 is 2.88 bits per heavy atom. The molecule has 0 bridgehead atoms. The lowest BCUT2D eigenvalue weighted by Crippen LogP contribution is -2.27. The molecule has 1 heterocycles. The van der Waals surface area contributed by atoms with Crippen LogP contribution in [0.5, 0.6) is 5.88 Å². The van der Waals surface area contributed by atoms with E-state index in [4.69, 9.17) is 10.5 Å². The molecule has 0 amide bonds. The van der Waals surface area contributed by atoms with Gasteiger partial charge in [-0.25, -0.2) is 4.79 Å². The van der Waals surface area contributed by atoms with Crippen LogP contribution < -0.4 is 15.8 Å². The van der Waals surface area contributed by atoms with E-state index in [2.05, 4.69) is 15.0 Å². The third-order valence-electron chi connectivity index (χ3n) is 2.09. The van der Waals surface area contributed by atoms with Gasteiger partial charge in [0.25, 0.3) is 0 Å². The van der Waals surface area contributed by atoms with Crippen LogP contribution in [0.25, 0.3) is 0 Å². The highest BCUT2D eigenvalue weighted by Crippen LogP contribution is 2.21. The smallest absolute Gasteiger partial charge is 0.328 e. The zero-order valence-electron chi connectivity index (χ0n) is 10.2. The summed E-state index contributed by atoms with van der Waals surface area (Å²) in [5.74, 6) is 0.511. The lowest BCUT2D eigenvalue weighted by molar-refractivity contribution is -0.141. The predicted octanol–water partition coefficient (Wildman–Crippen LogP) is 1.04. The molecule has 0 aliphatic heterocycles. The van der Waals surface area contributed by atoms with Crippen LogP contribution in [0.3, 0.4) is 0 Å². The first kappa shape index (κ1) is 13.1. The molecule has 0 saturated heterocycles. The molecule has 6 heteroatoms. The van der Waals surface area contributed by atoms with Gasteiger partial charge < -0.3 is 20.5 Å². The van der Waals surface area contributed by atoms with Gasteiger partial charge >= 0.3 is 5.97 Å². The minimum atomic E-state index is -0.481. The molecule has 0 aliphatic carbocycles. The number of rotatable bonds is 5. The summed E-state index contributed by atoms with van der Waals surface area (Å²) in [6, 6.07) is 2.87. The largest absolute Gasteiger partial charge is 0.476 e. The lowest BCUT2D eigenvalue weighted by atomic mass is 10.3. The van der Waals surface area contributed by atoms with Gasteiger partial charge in [-0.15, -0.1) is 0 Å². The zero-order valence-corrected chi connectivity index (χ0v) is 10.2. The van der Waals surface area contributed by atoms with Gasteiger partial charge in [-0.1, -0.05) is 0 Å². The number of hydrogen-bond acceptors (Lipinski definition) is 6. The van der Waals surface area contributed by atoms with Crippen molar-refractivity contribution in [3.8, 4) is 5.88 Å². The number of hydrogen-bond donors (Lipinski definition) is 2. The van der Waals surface area contributed by atoms with E-state index >= 15 is 0 Å². The van der Waals surface area contributed by atoms with Crippen LogP contribution in [-0.4, -0.2) is 30.7 Å². The van der Waals surface area contributed by atoms with E-state index in [1.54, 1.807) is 19.1 Å². The third kappa shape index (κ3) is 3.51. The Kier molecular flexibility index (Phi) is 4.56. The van der Waals surface area contributed by atoms with E-state index in [1.165, 1.54) is 7.11 Å². The quantitative estimate of drug-likeness (QED) is 0.746. The molecule has 0 spiro atoms. The van der Waals surface area contributed by atoms with Crippen molar-refractivity contribution in [2.24, 2.45) is 0 Å². The summed E-state index contributed by atoms with van der Waals surface area (Å²) >= 11 is 0. The molecule has 3 N–H and O–H groups in total. The van der Waals surface area contributed by atoms with E-state index in [9.17, 15) is 4.79 Å². The van der Waals surface area contributed by atoms with Crippen LogP contribution in [0.15, 0.2) is 12.1 Å². The number of nitrogens with two attached hydrogens (primary N) is 1. The highest BCUT2D eigenvalue weighted by molar-refractivity contribution is 5.78. The van der Waals surface area contributed by atoms with Gasteiger partial charge in [0.05, 0.1) is 19.4 Å². The summed E-state index contributed by atoms with van der Waals surface area (Å²) in [4.78, 5) is 15.4. The summed E-state index contributed by atoms with van der Waals surface area (Å²) in [5, 5.41) is 2.90.